The van der Waals surface area contributed by atoms with E-state index >= 15 is 0 Å². The Bertz CT molecular complexity index is 488. The molecule has 1 aliphatic rings. The third kappa shape index (κ3) is 3.28. The molecule has 0 aromatic carbocycles. The standard InChI is InChI=1S/C11H14N4O3S/c1-14-7-9(17)15(11(14)18)5-2-3-8(16)13-10-12-4-6-19-10/h4,6H,2-3,5,7H2,1H3,(H,12,13,16). The summed E-state index contributed by atoms with van der Waals surface area (Å²) in [6, 6.07) is -0.301. The highest BCUT2D eigenvalue weighted by Crippen LogP contribution is 2.12. The van der Waals surface area contributed by atoms with Gasteiger partial charge in [0.1, 0.15) is 6.54 Å². The zero-order valence-corrected chi connectivity index (χ0v) is 11.3. The molecule has 0 radical (unpaired) electrons. The Morgan fingerprint density at radius 1 is 1.53 bits per heavy atom. The lowest BCUT2D eigenvalue weighted by Gasteiger charge is -2.13. The van der Waals surface area contributed by atoms with Crippen LogP contribution in [-0.2, 0) is 9.59 Å². The first-order valence-electron chi connectivity index (χ1n) is 5.82. The second kappa shape index (κ2) is 5.79. The lowest BCUT2D eigenvalue weighted by molar-refractivity contribution is -0.125. The molecule has 8 heteroatoms. The van der Waals surface area contributed by atoms with Crippen LogP contribution in [-0.4, -0.2) is 52.8 Å². The number of amides is 4. The summed E-state index contributed by atoms with van der Waals surface area (Å²) >= 11 is 1.34. The molecule has 19 heavy (non-hydrogen) atoms. The van der Waals surface area contributed by atoms with E-state index in [4.69, 9.17) is 0 Å². The molecule has 0 spiro atoms. The number of aromatic nitrogens is 1. The molecule has 2 rings (SSSR count). The first-order chi connectivity index (χ1) is 9.08. The van der Waals surface area contributed by atoms with E-state index in [9.17, 15) is 14.4 Å². The van der Waals surface area contributed by atoms with Crippen LogP contribution in [0, 0.1) is 0 Å². The number of rotatable bonds is 5. The summed E-state index contributed by atoms with van der Waals surface area (Å²) in [6.07, 6.45) is 2.31. The van der Waals surface area contributed by atoms with E-state index in [0.717, 1.165) is 0 Å². The second-order valence-electron chi connectivity index (χ2n) is 4.17. The SMILES string of the molecule is CN1CC(=O)N(CCCC(=O)Nc2nccs2)C1=O. The zero-order chi connectivity index (χ0) is 13.8. The summed E-state index contributed by atoms with van der Waals surface area (Å²) in [5.74, 6) is -0.379. The van der Waals surface area contributed by atoms with Crippen molar-refractivity contribution in [3.63, 3.8) is 0 Å². The van der Waals surface area contributed by atoms with E-state index in [-0.39, 0.29) is 37.4 Å². The fourth-order valence-electron chi connectivity index (χ4n) is 1.75. The molecule has 2 heterocycles. The summed E-state index contributed by atoms with van der Waals surface area (Å²) < 4.78 is 0. The summed E-state index contributed by atoms with van der Waals surface area (Å²) in [5.41, 5.74) is 0. The van der Waals surface area contributed by atoms with Crippen LogP contribution >= 0.6 is 11.3 Å². The van der Waals surface area contributed by atoms with Crippen molar-refractivity contribution in [2.45, 2.75) is 12.8 Å². The van der Waals surface area contributed by atoms with Gasteiger partial charge in [-0.1, -0.05) is 0 Å². The first kappa shape index (κ1) is 13.5. The van der Waals surface area contributed by atoms with E-state index in [1.807, 2.05) is 0 Å². The maximum atomic E-state index is 11.6. The van der Waals surface area contributed by atoms with Crippen LogP contribution in [0.4, 0.5) is 9.93 Å². The Morgan fingerprint density at radius 3 is 2.89 bits per heavy atom. The van der Waals surface area contributed by atoms with E-state index in [1.54, 1.807) is 18.6 Å². The maximum absolute atomic E-state index is 11.6. The normalized spacial score (nSPS) is 15.2. The lowest BCUT2D eigenvalue weighted by Crippen LogP contribution is -2.32. The number of likely N-dealkylation sites (N-methyl/N-ethyl adjacent to an activating group) is 1. The van der Waals surface area contributed by atoms with Gasteiger partial charge in [-0.05, 0) is 6.42 Å². The van der Waals surface area contributed by atoms with Crippen molar-refractivity contribution in [1.29, 1.82) is 0 Å². The monoisotopic (exact) mass is 282 g/mol. The summed E-state index contributed by atoms with van der Waals surface area (Å²) in [6.45, 7) is 0.386. The molecule has 0 atom stereocenters. The summed E-state index contributed by atoms with van der Waals surface area (Å²) in [7, 11) is 1.58. The van der Waals surface area contributed by atoms with E-state index in [2.05, 4.69) is 10.3 Å². The van der Waals surface area contributed by atoms with Crippen LogP contribution in [0.2, 0.25) is 0 Å². The topological polar surface area (TPSA) is 82.6 Å². The van der Waals surface area contributed by atoms with Crippen LogP contribution in [0.25, 0.3) is 0 Å². The van der Waals surface area contributed by atoms with Gasteiger partial charge in [-0.25, -0.2) is 9.78 Å². The molecule has 1 aromatic rings. The number of imide groups is 1. The number of nitrogens with one attached hydrogen (secondary N) is 1. The van der Waals surface area contributed by atoms with Crippen molar-refractivity contribution in [3.05, 3.63) is 11.6 Å². The van der Waals surface area contributed by atoms with Gasteiger partial charge in [0.2, 0.25) is 11.8 Å². The predicted molar refractivity (Wildman–Crippen MR) is 69.7 cm³/mol. The molecular formula is C11H14N4O3S. The minimum Gasteiger partial charge on any atom is -0.318 e. The maximum Gasteiger partial charge on any atom is 0.326 e. The molecule has 4 amide bonds. The number of anilines is 1. The second-order valence-corrected chi connectivity index (χ2v) is 5.07. The summed E-state index contributed by atoms with van der Waals surface area (Å²) in [4.78, 5) is 41.1. The van der Waals surface area contributed by atoms with Crippen molar-refractivity contribution in [3.8, 4) is 0 Å². The molecule has 0 saturated carbocycles. The van der Waals surface area contributed by atoms with Crippen molar-refractivity contribution in [1.82, 2.24) is 14.8 Å². The van der Waals surface area contributed by atoms with Gasteiger partial charge in [-0.2, -0.15) is 0 Å². The number of urea groups is 1. The zero-order valence-electron chi connectivity index (χ0n) is 10.5. The average Bonchev–Trinajstić information content (AvgIpc) is 2.93. The third-order valence-electron chi connectivity index (χ3n) is 2.70. The minimum absolute atomic E-state index is 0.115. The van der Waals surface area contributed by atoms with E-state index < -0.39 is 0 Å². The molecule has 0 bridgehead atoms. The molecule has 1 fully saturated rings. The molecule has 1 aliphatic heterocycles. The number of nitrogens with zero attached hydrogens (tertiary/aromatic N) is 3. The quantitative estimate of drug-likeness (QED) is 0.808. The van der Waals surface area contributed by atoms with Gasteiger partial charge in [0.05, 0.1) is 0 Å². The average molecular weight is 282 g/mol. The molecule has 1 aromatic heterocycles. The van der Waals surface area contributed by atoms with E-state index in [1.165, 1.54) is 21.1 Å². The Kier molecular flexibility index (Phi) is 4.10. The first-order valence-corrected chi connectivity index (χ1v) is 6.70. The highest BCUT2D eigenvalue weighted by molar-refractivity contribution is 7.13. The van der Waals surface area contributed by atoms with Gasteiger partial charge >= 0.3 is 6.03 Å². The van der Waals surface area contributed by atoms with Crippen molar-refractivity contribution in [2.75, 3.05) is 25.5 Å². The Labute approximate surface area is 114 Å². The molecule has 0 unspecified atom stereocenters. The number of carbonyl (C=O) groups excluding carboxylic acids is 3. The van der Waals surface area contributed by atoms with Crippen LogP contribution in [0.1, 0.15) is 12.8 Å². The van der Waals surface area contributed by atoms with Crippen molar-refractivity contribution < 1.29 is 14.4 Å². The van der Waals surface area contributed by atoms with Crippen LogP contribution < -0.4 is 5.32 Å². The Morgan fingerprint density at radius 2 is 2.32 bits per heavy atom. The molecule has 102 valence electrons. The van der Waals surface area contributed by atoms with Crippen molar-refractivity contribution >= 4 is 34.3 Å². The van der Waals surface area contributed by atoms with Gasteiger partial charge < -0.3 is 10.2 Å². The third-order valence-corrected chi connectivity index (χ3v) is 3.38. The number of hydrogen-bond donors (Lipinski definition) is 1. The van der Waals surface area contributed by atoms with Gasteiger partial charge in [0.15, 0.2) is 5.13 Å². The molecule has 7 nitrogen and oxygen atoms in total. The predicted octanol–water partition coefficient (Wildman–Crippen LogP) is 0.756. The van der Waals surface area contributed by atoms with Gasteiger partial charge in [0.25, 0.3) is 0 Å². The molecular weight excluding hydrogens is 268 g/mol. The smallest absolute Gasteiger partial charge is 0.318 e. The summed E-state index contributed by atoms with van der Waals surface area (Å²) in [5, 5.41) is 4.97. The molecule has 1 saturated heterocycles. The number of hydrogen-bond acceptors (Lipinski definition) is 5. The van der Waals surface area contributed by atoms with Gasteiger partial charge in [-0.15, -0.1) is 11.3 Å². The van der Waals surface area contributed by atoms with Gasteiger partial charge in [-0.3, -0.25) is 14.5 Å². The molecule has 0 aliphatic carbocycles. The Balaban J connectivity index is 1.73. The molecule has 1 N–H and O–H groups in total. The van der Waals surface area contributed by atoms with Crippen LogP contribution in [0.3, 0.4) is 0 Å². The van der Waals surface area contributed by atoms with Crippen LogP contribution in [0.5, 0.6) is 0 Å². The number of thiazole rings is 1. The fourth-order valence-corrected chi connectivity index (χ4v) is 2.30. The highest BCUT2D eigenvalue weighted by atomic mass is 32.1. The lowest BCUT2D eigenvalue weighted by atomic mass is 10.3. The Hall–Kier alpha value is -1.96. The fraction of sp³-hybridized carbons (Fsp3) is 0.455. The van der Waals surface area contributed by atoms with Crippen LogP contribution in [0.15, 0.2) is 11.6 Å². The highest BCUT2D eigenvalue weighted by Gasteiger charge is 2.32. The largest absolute Gasteiger partial charge is 0.326 e. The minimum atomic E-state index is -0.301. The number of carbonyl (C=O) groups is 3. The van der Waals surface area contributed by atoms with E-state index in [0.29, 0.717) is 11.6 Å². The van der Waals surface area contributed by atoms with Crippen molar-refractivity contribution in [2.24, 2.45) is 0 Å². The van der Waals surface area contributed by atoms with Gasteiger partial charge in [0, 0.05) is 31.6 Å².